The Labute approximate surface area is 377 Å². The second kappa shape index (κ2) is 15.9. The zero-order chi connectivity index (χ0) is 43.3. The number of benzene rings is 10. The van der Waals surface area contributed by atoms with E-state index in [-0.39, 0.29) is 0 Å². The van der Waals surface area contributed by atoms with E-state index < -0.39 is 0 Å². The molecular formula is C62H41NO2. The van der Waals surface area contributed by atoms with Crippen LogP contribution in [0.5, 0.6) is 0 Å². The molecule has 0 unspecified atom stereocenters. The maximum atomic E-state index is 6.41. The van der Waals surface area contributed by atoms with Gasteiger partial charge in [-0.05, 0) is 98.6 Å². The molecule has 0 saturated carbocycles. The van der Waals surface area contributed by atoms with Crippen LogP contribution in [0.15, 0.2) is 246 Å². The number of hydrogen-bond acceptors (Lipinski definition) is 3. The Morgan fingerprint density at radius 3 is 0.985 bits per heavy atom. The second-order valence-electron chi connectivity index (χ2n) is 16.5. The van der Waals surface area contributed by atoms with Crippen molar-refractivity contribution < 1.29 is 8.83 Å². The van der Waals surface area contributed by atoms with Crippen LogP contribution >= 0.6 is 0 Å². The van der Waals surface area contributed by atoms with E-state index in [2.05, 4.69) is 218 Å². The van der Waals surface area contributed by atoms with Gasteiger partial charge in [0.1, 0.15) is 22.3 Å². The molecule has 3 nitrogen and oxygen atoms in total. The minimum Gasteiger partial charge on any atom is -0.455 e. The highest BCUT2D eigenvalue weighted by atomic mass is 16.3. The first-order valence-electron chi connectivity index (χ1n) is 22.0. The maximum absolute atomic E-state index is 6.41. The van der Waals surface area contributed by atoms with Gasteiger partial charge in [-0.15, -0.1) is 0 Å². The topological polar surface area (TPSA) is 29.5 Å². The lowest BCUT2D eigenvalue weighted by molar-refractivity contribution is 0.669. The predicted molar refractivity (Wildman–Crippen MR) is 273 cm³/mol. The second-order valence-corrected chi connectivity index (χ2v) is 16.5. The first kappa shape index (κ1) is 38.0. The van der Waals surface area contributed by atoms with E-state index in [4.69, 9.17) is 8.83 Å². The largest absolute Gasteiger partial charge is 0.455 e. The van der Waals surface area contributed by atoms with Crippen LogP contribution in [-0.2, 0) is 0 Å². The van der Waals surface area contributed by atoms with Crippen molar-refractivity contribution in [3.8, 4) is 55.6 Å². The molecule has 0 bridgehead atoms. The molecule has 0 radical (unpaired) electrons. The van der Waals surface area contributed by atoms with Crippen molar-refractivity contribution in [3.05, 3.63) is 243 Å². The molecule has 0 N–H and O–H groups in total. The number of anilines is 3. The van der Waals surface area contributed by atoms with E-state index in [0.717, 1.165) is 105 Å². The lowest BCUT2D eigenvalue weighted by atomic mass is 9.97. The lowest BCUT2D eigenvalue weighted by Crippen LogP contribution is -2.09. The van der Waals surface area contributed by atoms with E-state index in [1.165, 1.54) is 16.7 Å². The van der Waals surface area contributed by atoms with Gasteiger partial charge in [-0.25, -0.2) is 0 Å². The Balaban J connectivity index is 0.838. The zero-order valence-electron chi connectivity index (χ0n) is 35.5. The highest BCUT2D eigenvalue weighted by molar-refractivity contribution is 6.10. The summed E-state index contributed by atoms with van der Waals surface area (Å²) in [6.07, 6.45) is 1.87. The fraction of sp³-hybridized carbons (Fsp3) is 0. The molecular weight excluding hydrogens is 791 g/mol. The van der Waals surface area contributed by atoms with Gasteiger partial charge in [0, 0.05) is 49.7 Å². The summed E-state index contributed by atoms with van der Waals surface area (Å²) < 4.78 is 12.7. The van der Waals surface area contributed by atoms with E-state index >= 15 is 0 Å². The Hall–Kier alpha value is -8.66. The summed E-state index contributed by atoms with van der Waals surface area (Å²) in [5.74, 6) is 0. The van der Waals surface area contributed by atoms with Gasteiger partial charge >= 0.3 is 0 Å². The quantitative estimate of drug-likeness (QED) is 0.145. The monoisotopic (exact) mass is 831 g/mol. The number of fused-ring (bicyclic) bond motifs is 6. The highest BCUT2D eigenvalue weighted by Gasteiger charge is 2.17. The third-order valence-electron chi connectivity index (χ3n) is 12.7. The standard InChI is InChI=1S/C62H41NO2/c1-2-41-17-19-42(20-18-41)46-29-35-50(36-30-46)63(52-39-33-49(34-40-52)54-12-8-14-58-56-10-4-6-16-60(56)65-62(54)58)51-37-31-47(32-38-51)44-23-21-43(22-24-44)45-25-27-48(28-26-45)53-11-7-13-57-55-9-3-5-15-59(55)64-61(53)57/h2-40H,1H2. The summed E-state index contributed by atoms with van der Waals surface area (Å²) in [6, 6.07) is 81.9. The molecule has 0 saturated heterocycles. The van der Waals surface area contributed by atoms with E-state index in [1.54, 1.807) is 0 Å². The van der Waals surface area contributed by atoms with Crippen molar-refractivity contribution in [2.75, 3.05) is 4.90 Å². The molecule has 12 rings (SSSR count). The summed E-state index contributed by atoms with van der Waals surface area (Å²) in [5, 5.41) is 4.54. The van der Waals surface area contributed by atoms with Crippen molar-refractivity contribution in [3.63, 3.8) is 0 Å². The summed E-state index contributed by atoms with van der Waals surface area (Å²) >= 11 is 0. The van der Waals surface area contributed by atoms with Crippen LogP contribution in [0.25, 0.3) is 106 Å². The Kier molecular flexibility index (Phi) is 9.31. The Morgan fingerprint density at radius 1 is 0.292 bits per heavy atom. The number of nitrogens with zero attached hydrogens (tertiary/aromatic N) is 1. The van der Waals surface area contributed by atoms with Gasteiger partial charge in [0.05, 0.1) is 0 Å². The molecule has 0 fully saturated rings. The van der Waals surface area contributed by atoms with Gasteiger partial charge in [-0.1, -0.05) is 195 Å². The van der Waals surface area contributed by atoms with Crippen LogP contribution in [-0.4, -0.2) is 0 Å². The predicted octanol–water partition coefficient (Wildman–Crippen LogP) is 17.9. The molecule has 0 aliphatic rings. The van der Waals surface area contributed by atoms with Crippen molar-refractivity contribution in [1.29, 1.82) is 0 Å². The fourth-order valence-electron chi connectivity index (χ4n) is 9.30. The molecule has 2 heterocycles. The molecule has 10 aromatic carbocycles. The van der Waals surface area contributed by atoms with Crippen LogP contribution in [0.2, 0.25) is 0 Å². The average Bonchev–Trinajstić information content (AvgIpc) is 3.96. The van der Waals surface area contributed by atoms with E-state index in [1.807, 2.05) is 30.3 Å². The van der Waals surface area contributed by atoms with Gasteiger partial charge in [0.2, 0.25) is 0 Å². The van der Waals surface area contributed by atoms with Crippen molar-refractivity contribution in [2.24, 2.45) is 0 Å². The fourth-order valence-corrected chi connectivity index (χ4v) is 9.30. The summed E-state index contributed by atoms with van der Waals surface area (Å²) in [5.41, 5.74) is 19.4. The minimum atomic E-state index is 0.900. The molecule has 0 atom stereocenters. The summed E-state index contributed by atoms with van der Waals surface area (Å²) in [4.78, 5) is 2.32. The zero-order valence-corrected chi connectivity index (χ0v) is 35.5. The minimum absolute atomic E-state index is 0.900. The lowest BCUT2D eigenvalue weighted by Gasteiger charge is -2.26. The number of hydrogen-bond donors (Lipinski definition) is 0. The molecule has 65 heavy (non-hydrogen) atoms. The number of furan rings is 2. The first-order valence-corrected chi connectivity index (χ1v) is 22.0. The van der Waals surface area contributed by atoms with Crippen LogP contribution in [0, 0.1) is 0 Å². The molecule has 2 aromatic heterocycles. The third kappa shape index (κ3) is 6.87. The van der Waals surface area contributed by atoms with Crippen LogP contribution in [0.4, 0.5) is 17.1 Å². The average molecular weight is 832 g/mol. The summed E-state index contributed by atoms with van der Waals surface area (Å²) in [7, 11) is 0. The Morgan fingerprint density at radius 2 is 0.600 bits per heavy atom. The van der Waals surface area contributed by atoms with Gasteiger partial charge in [-0.2, -0.15) is 0 Å². The first-order chi connectivity index (χ1) is 32.1. The van der Waals surface area contributed by atoms with Crippen LogP contribution in [0.3, 0.4) is 0 Å². The SMILES string of the molecule is C=Cc1ccc(-c2ccc(N(c3ccc(-c4ccc(-c5ccc(-c6cccc7c6oc6ccccc67)cc5)cc4)cc3)c3ccc(-c4cccc5c4oc4ccccc45)cc3)cc2)cc1. The van der Waals surface area contributed by atoms with Crippen LogP contribution < -0.4 is 4.90 Å². The van der Waals surface area contributed by atoms with Crippen molar-refractivity contribution >= 4 is 67.0 Å². The van der Waals surface area contributed by atoms with Crippen molar-refractivity contribution in [2.45, 2.75) is 0 Å². The molecule has 3 heteroatoms. The maximum Gasteiger partial charge on any atom is 0.143 e. The van der Waals surface area contributed by atoms with E-state index in [0.29, 0.717) is 0 Å². The molecule has 0 spiro atoms. The molecule has 0 aliphatic carbocycles. The van der Waals surface area contributed by atoms with Gasteiger partial charge in [-0.3, -0.25) is 0 Å². The van der Waals surface area contributed by atoms with Gasteiger partial charge < -0.3 is 13.7 Å². The number of rotatable bonds is 9. The highest BCUT2D eigenvalue weighted by Crippen LogP contribution is 2.41. The molecule has 12 aromatic rings. The van der Waals surface area contributed by atoms with Gasteiger partial charge in [0.15, 0.2) is 0 Å². The number of para-hydroxylation sites is 4. The smallest absolute Gasteiger partial charge is 0.143 e. The normalized spacial score (nSPS) is 11.4. The Bertz CT molecular complexity index is 3670. The molecule has 0 amide bonds. The molecule has 0 aliphatic heterocycles. The molecule has 306 valence electrons. The summed E-state index contributed by atoms with van der Waals surface area (Å²) in [6.45, 7) is 3.91. The van der Waals surface area contributed by atoms with Crippen LogP contribution in [0.1, 0.15) is 5.56 Å². The van der Waals surface area contributed by atoms with Crippen molar-refractivity contribution in [1.82, 2.24) is 0 Å². The van der Waals surface area contributed by atoms with E-state index in [9.17, 15) is 0 Å². The third-order valence-corrected chi connectivity index (χ3v) is 12.7. The van der Waals surface area contributed by atoms with Gasteiger partial charge in [0.25, 0.3) is 0 Å².